The van der Waals surface area contributed by atoms with E-state index in [1.807, 2.05) is 30.7 Å². The number of hydrogen-bond acceptors (Lipinski definition) is 6. The van der Waals surface area contributed by atoms with Gasteiger partial charge in [0.2, 0.25) is 0 Å². The van der Waals surface area contributed by atoms with Gasteiger partial charge in [0.1, 0.15) is 5.01 Å². The number of rotatable bonds is 12. The Morgan fingerprint density at radius 3 is 2.45 bits per heavy atom. The smallest absolute Gasteiger partial charge is 0.258 e. The third-order valence-electron chi connectivity index (χ3n) is 5.77. The number of nitrogens with zero attached hydrogens (tertiary/aromatic N) is 1. The van der Waals surface area contributed by atoms with Crippen LogP contribution < -0.4 is 5.56 Å². The Kier molecular flexibility index (Phi) is 16.7. The number of Topliss-reactive ketones (excluding diaryl/α,β-unsaturated/α-hetero) is 1. The zero-order valence-electron chi connectivity index (χ0n) is 25.4. The lowest BCUT2D eigenvalue weighted by molar-refractivity contribution is -0.0451. The number of aryl methyl sites for hydroxylation is 1. The summed E-state index contributed by atoms with van der Waals surface area (Å²) in [6.07, 6.45) is 14.1. The summed E-state index contributed by atoms with van der Waals surface area (Å²) in [5.74, 6) is -0.104. The number of H-pyrrole nitrogens is 2. The molecule has 2 N–H and O–H groups in total. The molecule has 0 aliphatic heterocycles. The molecule has 0 aromatic carbocycles. The largest absolute Gasteiger partial charge is 0.382 e. The molecule has 0 aliphatic carbocycles. The Hall–Kier alpha value is -3.07. The highest BCUT2D eigenvalue weighted by atomic mass is 32.1. The summed E-state index contributed by atoms with van der Waals surface area (Å²) >= 11 is 1.37. The topological polar surface area (TPSA) is 97.1 Å². The Balaban J connectivity index is 0.000000449. The average Bonchev–Trinajstić information content (AvgIpc) is 3.55. The Morgan fingerprint density at radius 2 is 1.88 bits per heavy atom. The van der Waals surface area contributed by atoms with Crippen LogP contribution in [0.2, 0.25) is 0 Å². The molecule has 8 heteroatoms. The highest BCUT2D eigenvalue weighted by Crippen LogP contribution is 2.31. The van der Waals surface area contributed by atoms with Gasteiger partial charge in [-0.05, 0) is 39.7 Å². The fraction of sp³-hybridized carbons (Fsp3) is 0.469. The maximum atomic E-state index is 12.1. The van der Waals surface area contributed by atoms with Crippen molar-refractivity contribution in [1.29, 1.82) is 0 Å². The molecular formula is C32H47N3O4S. The molecule has 220 valence electrons. The summed E-state index contributed by atoms with van der Waals surface area (Å²) in [5, 5.41) is 2.49. The van der Waals surface area contributed by atoms with Gasteiger partial charge in [0.05, 0.1) is 30.1 Å². The molecular weight excluding hydrogens is 522 g/mol. The van der Waals surface area contributed by atoms with Crippen molar-refractivity contribution < 1.29 is 14.3 Å². The molecule has 2 atom stereocenters. The van der Waals surface area contributed by atoms with Gasteiger partial charge in [-0.3, -0.25) is 9.59 Å². The van der Waals surface area contributed by atoms with E-state index in [0.29, 0.717) is 28.8 Å². The Labute approximate surface area is 243 Å². The summed E-state index contributed by atoms with van der Waals surface area (Å²) < 4.78 is 10.8. The molecule has 0 bridgehead atoms. The lowest BCUT2D eigenvalue weighted by Crippen LogP contribution is -2.23. The molecule has 0 spiro atoms. The second kappa shape index (κ2) is 19.1. The number of pyridine rings is 1. The Morgan fingerprint density at radius 1 is 1.18 bits per heavy atom. The predicted octanol–water partition coefficient (Wildman–Crippen LogP) is 8.24. The van der Waals surface area contributed by atoms with E-state index in [9.17, 15) is 9.59 Å². The van der Waals surface area contributed by atoms with Gasteiger partial charge in [-0.25, -0.2) is 4.98 Å². The number of thiazole rings is 1. The van der Waals surface area contributed by atoms with Crippen molar-refractivity contribution in [2.45, 2.75) is 86.4 Å². The van der Waals surface area contributed by atoms with E-state index >= 15 is 0 Å². The predicted molar refractivity (Wildman–Crippen MR) is 169 cm³/mol. The van der Waals surface area contributed by atoms with Crippen molar-refractivity contribution in [3.8, 4) is 21.8 Å². The molecule has 3 aromatic rings. The van der Waals surface area contributed by atoms with Crippen LogP contribution in [0, 0.1) is 6.92 Å². The molecule has 0 fully saturated rings. The summed E-state index contributed by atoms with van der Waals surface area (Å²) in [6.45, 7) is 18.5. The minimum absolute atomic E-state index is 0.104. The van der Waals surface area contributed by atoms with Gasteiger partial charge >= 0.3 is 0 Å². The van der Waals surface area contributed by atoms with E-state index < -0.39 is 0 Å². The summed E-state index contributed by atoms with van der Waals surface area (Å²) in [6, 6.07) is 1.59. The van der Waals surface area contributed by atoms with E-state index in [0.717, 1.165) is 35.4 Å². The number of hydrogen-bond donors (Lipinski definition) is 2. The normalized spacial score (nSPS) is 12.2. The van der Waals surface area contributed by atoms with Gasteiger partial charge in [-0.1, -0.05) is 65.3 Å². The van der Waals surface area contributed by atoms with E-state index in [1.165, 1.54) is 37.3 Å². The molecule has 3 aromatic heterocycles. The number of carbonyl (C=O) groups is 1. The second-order valence-corrected chi connectivity index (χ2v) is 10.3. The molecule has 0 saturated carbocycles. The van der Waals surface area contributed by atoms with Gasteiger partial charge in [0.25, 0.3) is 5.56 Å². The summed E-state index contributed by atoms with van der Waals surface area (Å²) in [7, 11) is 1.72. The standard InChI is InChI=1S/C19H17N3O2S.C10H22O2.C3H8/c1-4-5-6-14-11(2)20-9-16(14)17-10-25-19(22-17)15-7-13(12(3)23)8-21-18(15)24;1-5-7-9(3)12-10(6-2)8-11-4;1-3-2/h4-10,20H,1H2,2-3H3,(H,21,24);9-10H,5-8H2,1-4H3;3H2,1-2H3/b6-5-;;. The molecule has 0 aliphatic rings. The zero-order chi connectivity index (χ0) is 30.1. The van der Waals surface area contributed by atoms with Crippen molar-refractivity contribution >= 4 is 23.2 Å². The molecule has 0 amide bonds. The molecule has 3 rings (SSSR count). The number of methoxy groups -OCH3 is 1. The lowest BCUT2D eigenvalue weighted by atomic mass is 10.1. The highest BCUT2D eigenvalue weighted by Gasteiger charge is 2.15. The van der Waals surface area contributed by atoms with E-state index in [-0.39, 0.29) is 17.4 Å². The molecule has 0 saturated heterocycles. The van der Waals surface area contributed by atoms with Gasteiger partial charge in [0, 0.05) is 47.3 Å². The zero-order valence-corrected chi connectivity index (χ0v) is 26.2. The van der Waals surface area contributed by atoms with Crippen LogP contribution in [0.1, 0.15) is 88.8 Å². The van der Waals surface area contributed by atoms with Crippen LogP contribution in [-0.2, 0) is 9.47 Å². The van der Waals surface area contributed by atoms with Crippen LogP contribution in [-0.4, -0.2) is 46.7 Å². The minimum atomic E-state index is -0.261. The minimum Gasteiger partial charge on any atom is -0.382 e. The van der Waals surface area contributed by atoms with Crippen molar-refractivity contribution in [2.24, 2.45) is 0 Å². The van der Waals surface area contributed by atoms with E-state index in [4.69, 9.17) is 9.47 Å². The SMILES string of the molecule is C=C/C=C\c1c(-c2csc(-c3cc(C(C)=O)c[nH]c3=O)n2)c[nH]c1C.CCC.CCCC(C)OC(CC)COC. The highest BCUT2D eigenvalue weighted by molar-refractivity contribution is 7.13. The third-order valence-corrected chi connectivity index (χ3v) is 6.65. The van der Waals surface area contributed by atoms with Crippen molar-refractivity contribution in [3.63, 3.8) is 0 Å². The van der Waals surface area contributed by atoms with Gasteiger partial charge in [-0.2, -0.15) is 0 Å². The molecule has 40 heavy (non-hydrogen) atoms. The summed E-state index contributed by atoms with van der Waals surface area (Å²) in [4.78, 5) is 34.1. The molecule has 0 radical (unpaired) electrons. The van der Waals surface area contributed by atoms with Crippen molar-refractivity contribution in [3.05, 3.63) is 69.7 Å². The first-order valence-electron chi connectivity index (χ1n) is 14.0. The number of nitrogens with one attached hydrogen (secondary N) is 2. The van der Waals surface area contributed by atoms with Crippen LogP contribution in [0.25, 0.3) is 27.9 Å². The van der Waals surface area contributed by atoms with E-state index in [2.05, 4.69) is 56.1 Å². The third kappa shape index (κ3) is 11.2. The number of allylic oxidation sites excluding steroid dienone is 2. The Bertz CT molecular complexity index is 1260. The maximum Gasteiger partial charge on any atom is 0.258 e. The first-order valence-corrected chi connectivity index (χ1v) is 14.9. The number of aromatic amines is 2. The van der Waals surface area contributed by atoms with Crippen molar-refractivity contribution in [1.82, 2.24) is 15.0 Å². The van der Waals surface area contributed by atoms with Crippen LogP contribution in [0.4, 0.5) is 0 Å². The van der Waals surface area contributed by atoms with Crippen LogP contribution in [0.15, 0.2) is 47.4 Å². The van der Waals surface area contributed by atoms with Crippen molar-refractivity contribution in [2.75, 3.05) is 13.7 Å². The quantitative estimate of drug-likeness (QED) is 0.169. The number of ketones is 1. The second-order valence-electron chi connectivity index (χ2n) is 9.49. The number of aromatic nitrogens is 3. The number of ether oxygens (including phenoxy) is 2. The monoisotopic (exact) mass is 569 g/mol. The van der Waals surface area contributed by atoms with Crippen LogP contribution >= 0.6 is 11.3 Å². The maximum absolute atomic E-state index is 12.1. The first-order chi connectivity index (χ1) is 19.2. The fourth-order valence-corrected chi connectivity index (χ4v) is 4.57. The number of carbonyl (C=O) groups excluding carboxylic acids is 1. The molecule has 2 unspecified atom stereocenters. The van der Waals surface area contributed by atoms with E-state index in [1.54, 1.807) is 19.3 Å². The lowest BCUT2D eigenvalue weighted by Gasteiger charge is -2.20. The first kappa shape index (κ1) is 35.0. The van der Waals surface area contributed by atoms with Gasteiger partial charge in [-0.15, -0.1) is 11.3 Å². The molecule has 3 heterocycles. The van der Waals surface area contributed by atoms with Crippen LogP contribution in [0.3, 0.4) is 0 Å². The van der Waals surface area contributed by atoms with Crippen LogP contribution in [0.5, 0.6) is 0 Å². The fourth-order valence-electron chi connectivity index (χ4n) is 3.74. The van der Waals surface area contributed by atoms with Gasteiger partial charge < -0.3 is 19.4 Å². The average molecular weight is 570 g/mol. The van der Waals surface area contributed by atoms with Gasteiger partial charge in [0.15, 0.2) is 5.78 Å². The molecule has 7 nitrogen and oxygen atoms in total. The summed E-state index contributed by atoms with van der Waals surface area (Å²) in [5.41, 5.74) is 4.39.